The van der Waals surface area contributed by atoms with Crippen molar-refractivity contribution in [1.82, 2.24) is 35.0 Å². The van der Waals surface area contributed by atoms with Crippen LogP contribution < -0.4 is 10.6 Å². The van der Waals surface area contributed by atoms with Crippen molar-refractivity contribution in [2.24, 2.45) is 29.6 Å². The fourth-order valence-electron chi connectivity index (χ4n) is 6.06. The lowest BCUT2D eigenvalue weighted by molar-refractivity contribution is -0.183. The van der Waals surface area contributed by atoms with Crippen molar-refractivity contribution < 1.29 is 22.8 Å². The van der Waals surface area contributed by atoms with Crippen molar-refractivity contribution >= 4 is 17.5 Å². The lowest BCUT2D eigenvalue weighted by atomic mass is 9.85. The van der Waals surface area contributed by atoms with Crippen LogP contribution in [0.5, 0.6) is 0 Å². The van der Waals surface area contributed by atoms with E-state index in [0.29, 0.717) is 41.0 Å². The lowest BCUT2D eigenvalue weighted by Gasteiger charge is -2.30. The summed E-state index contributed by atoms with van der Waals surface area (Å²) in [5.74, 6) is -1.54. The van der Waals surface area contributed by atoms with Crippen LogP contribution in [0, 0.1) is 29.6 Å². The molecule has 1 aliphatic heterocycles. The summed E-state index contributed by atoms with van der Waals surface area (Å²) in [6.07, 6.45) is 5.13. The highest BCUT2D eigenvalue weighted by Crippen LogP contribution is 2.54. The zero-order valence-corrected chi connectivity index (χ0v) is 21.7. The summed E-state index contributed by atoms with van der Waals surface area (Å²) in [4.78, 5) is 30.5. The maximum Gasteiger partial charge on any atom is 0.393 e. The first-order valence-electron chi connectivity index (χ1n) is 13.7. The van der Waals surface area contributed by atoms with Gasteiger partial charge in [-0.05, 0) is 80.9 Å². The van der Waals surface area contributed by atoms with Gasteiger partial charge >= 0.3 is 6.18 Å². The van der Waals surface area contributed by atoms with Gasteiger partial charge in [-0.3, -0.25) is 14.3 Å². The van der Waals surface area contributed by atoms with E-state index in [1.807, 2.05) is 13.1 Å². The number of imidazole rings is 1. The van der Waals surface area contributed by atoms with Crippen LogP contribution in [0.1, 0.15) is 66.8 Å². The van der Waals surface area contributed by atoms with E-state index in [2.05, 4.69) is 20.8 Å². The molecule has 2 saturated carbocycles. The normalized spacial score (nSPS) is 22.7. The van der Waals surface area contributed by atoms with Crippen LogP contribution in [-0.2, 0) is 17.8 Å². The first-order chi connectivity index (χ1) is 18.7. The second-order valence-electron chi connectivity index (χ2n) is 11.2. The average Bonchev–Trinajstić information content (AvgIpc) is 3.83. The summed E-state index contributed by atoms with van der Waals surface area (Å²) in [5.41, 5.74) is 2.40. The fraction of sp³-hybridized carbons (Fsp3) is 0.593. The molecule has 4 heterocycles. The van der Waals surface area contributed by atoms with Crippen LogP contribution in [0.3, 0.4) is 0 Å². The number of fused-ring (bicyclic) bond motifs is 1. The molecule has 9 nitrogen and oxygen atoms in total. The van der Waals surface area contributed by atoms with Gasteiger partial charge in [-0.1, -0.05) is 0 Å². The Labute approximate surface area is 223 Å². The lowest BCUT2D eigenvalue weighted by Crippen LogP contribution is -2.47. The average molecular weight is 544 g/mol. The number of hydrogen-bond acceptors (Lipinski definition) is 5. The number of alkyl halides is 3. The van der Waals surface area contributed by atoms with Gasteiger partial charge in [-0.15, -0.1) is 0 Å². The molecular weight excluding hydrogens is 511 g/mol. The number of nitrogens with zero attached hydrogens (tertiary/aromatic N) is 5. The number of carbonyl (C=O) groups excluding carboxylic acids is 2. The molecule has 2 unspecified atom stereocenters. The van der Waals surface area contributed by atoms with Crippen molar-refractivity contribution in [3.8, 4) is 0 Å². The Bertz CT molecular complexity index is 1360. The number of aromatic nitrogens is 5. The van der Waals surface area contributed by atoms with Gasteiger partial charge in [-0.25, -0.2) is 9.50 Å². The Morgan fingerprint density at radius 3 is 2.62 bits per heavy atom. The van der Waals surface area contributed by atoms with Crippen LogP contribution in [-0.4, -0.2) is 48.9 Å². The number of hydrogen-bond donors (Lipinski definition) is 2. The van der Waals surface area contributed by atoms with E-state index < -0.39 is 18.0 Å². The maximum atomic E-state index is 13.3. The number of piperidine rings is 1. The van der Waals surface area contributed by atoms with Gasteiger partial charge < -0.3 is 10.6 Å². The minimum atomic E-state index is -4.35. The first kappa shape index (κ1) is 25.8. The number of rotatable bonds is 9. The quantitative estimate of drug-likeness (QED) is 0.428. The topological polar surface area (TPSA) is 106 Å². The van der Waals surface area contributed by atoms with E-state index in [1.165, 1.54) is 0 Å². The second-order valence-corrected chi connectivity index (χ2v) is 11.2. The van der Waals surface area contributed by atoms with Gasteiger partial charge in [-0.2, -0.15) is 23.4 Å². The fourth-order valence-corrected chi connectivity index (χ4v) is 6.06. The predicted molar refractivity (Wildman–Crippen MR) is 134 cm³/mol. The Kier molecular flexibility index (Phi) is 6.58. The van der Waals surface area contributed by atoms with Gasteiger partial charge in [0.05, 0.1) is 30.0 Å². The zero-order chi connectivity index (χ0) is 27.3. The van der Waals surface area contributed by atoms with Crippen molar-refractivity contribution in [1.29, 1.82) is 0 Å². The third-order valence-electron chi connectivity index (χ3n) is 8.37. The Hall–Kier alpha value is -3.44. The van der Waals surface area contributed by atoms with Crippen LogP contribution in [0.2, 0.25) is 0 Å². The molecule has 3 aromatic rings. The van der Waals surface area contributed by atoms with Gasteiger partial charge in [0.15, 0.2) is 5.65 Å². The summed E-state index contributed by atoms with van der Waals surface area (Å²) >= 11 is 0. The van der Waals surface area contributed by atoms with Crippen LogP contribution in [0.25, 0.3) is 5.65 Å². The number of carbonyl (C=O) groups is 2. The summed E-state index contributed by atoms with van der Waals surface area (Å²) in [5, 5.41) is 14.3. The van der Waals surface area contributed by atoms with E-state index in [1.54, 1.807) is 33.7 Å². The Balaban J connectivity index is 1.26. The number of amides is 2. The predicted octanol–water partition coefficient (Wildman–Crippen LogP) is 3.71. The number of nitrogens with one attached hydrogen (secondary N) is 2. The molecule has 3 aliphatic rings. The smallest absolute Gasteiger partial charge is 0.355 e. The van der Waals surface area contributed by atoms with Crippen LogP contribution in [0.15, 0.2) is 30.7 Å². The summed E-state index contributed by atoms with van der Waals surface area (Å²) in [7, 11) is 0. The van der Waals surface area contributed by atoms with Crippen molar-refractivity contribution in [2.75, 3.05) is 6.54 Å². The standard InChI is InChI=1S/C27H32F3N7O2/c1-2-36-21(7-8-32-36)26(39)35-24(23(16-3-4-16)17-5-6-17)20-14-37-22(34-20)10-15(12-33-37)9-18-11-19(27(28,29)30)13-31-25(18)38/h7-8,10,12,14,16-19,23-24H,2-6,9,11,13H2,1H3,(H,31,38)(H,35,39)/t18?,19-,24?/m0/s1. The van der Waals surface area contributed by atoms with E-state index in [0.717, 1.165) is 25.7 Å². The van der Waals surface area contributed by atoms with Gasteiger partial charge in [0, 0.05) is 25.2 Å². The molecule has 208 valence electrons. The molecule has 3 fully saturated rings. The number of halogens is 3. The van der Waals surface area contributed by atoms with Gasteiger partial charge in [0.1, 0.15) is 5.69 Å². The molecule has 12 heteroatoms. The molecule has 39 heavy (non-hydrogen) atoms. The van der Waals surface area contributed by atoms with Crippen molar-refractivity contribution in [2.45, 2.75) is 64.2 Å². The summed E-state index contributed by atoms with van der Waals surface area (Å²) < 4.78 is 43.1. The molecule has 0 radical (unpaired) electrons. The molecule has 3 atom stereocenters. The van der Waals surface area contributed by atoms with Crippen LogP contribution in [0.4, 0.5) is 13.2 Å². The van der Waals surface area contributed by atoms with E-state index in [9.17, 15) is 22.8 Å². The van der Waals surface area contributed by atoms with E-state index >= 15 is 0 Å². The molecular formula is C27H32F3N7O2. The Morgan fingerprint density at radius 2 is 1.95 bits per heavy atom. The molecule has 1 saturated heterocycles. The van der Waals surface area contributed by atoms with Crippen LogP contribution >= 0.6 is 0 Å². The zero-order valence-electron chi connectivity index (χ0n) is 21.7. The second kappa shape index (κ2) is 9.95. The molecule has 3 aromatic heterocycles. The van der Waals surface area contributed by atoms with Crippen molar-refractivity contribution in [3.05, 3.63) is 47.7 Å². The summed E-state index contributed by atoms with van der Waals surface area (Å²) in [6.45, 7) is 2.14. The van der Waals surface area contributed by atoms with E-state index in [4.69, 9.17) is 4.98 Å². The minimum Gasteiger partial charge on any atom is -0.355 e. The largest absolute Gasteiger partial charge is 0.393 e. The Morgan fingerprint density at radius 1 is 1.21 bits per heavy atom. The van der Waals surface area contributed by atoms with Gasteiger partial charge in [0.25, 0.3) is 5.91 Å². The molecule has 0 bridgehead atoms. The third-order valence-corrected chi connectivity index (χ3v) is 8.37. The highest BCUT2D eigenvalue weighted by Gasteiger charge is 2.47. The highest BCUT2D eigenvalue weighted by molar-refractivity contribution is 5.92. The summed E-state index contributed by atoms with van der Waals surface area (Å²) in [6, 6.07) is 3.19. The maximum absolute atomic E-state index is 13.3. The van der Waals surface area contributed by atoms with E-state index in [-0.39, 0.29) is 43.2 Å². The minimum absolute atomic E-state index is 0.151. The monoisotopic (exact) mass is 543 g/mol. The van der Waals surface area contributed by atoms with Crippen molar-refractivity contribution in [3.63, 3.8) is 0 Å². The molecule has 0 spiro atoms. The first-order valence-corrected chi connectivity index (χ1v) is 13.7. The molecule has 2 amide bonds. The molecule has 6 rings (SSSR count). The highest BCUT2D eigenvalue weighted by atomic mass is 19.4. The van der Waals surface area contributed by atoms with Gasteiger partial charge in [0.2, 0.25) is 5.91 Å². The molecule has 2 N–H and O–H groups in total. The molecule has 2 aliphatic carbocycles. The third kappa shape index (κ3) is 5.38. The number of aryl methyl sites for hydroxylation is 1. The molecule has 0 aromatic carbocycles. The SMILES string of the molecule is CCn1nccc1C(=O)NC(c1cn2ncc(CC3C[C@H](C(F)(F)F)CNC3=O)cc2n1)C(C1CC1)C1CC1.